The zero-order valence-corrected chi connectivity index (χ0v) is 14.9. The summed E-state index contributed by atoms with van der Waals surface area (Å²) in [6, 6.07) is 7.60. The zero-order valence-electron chi connectivity index (χ0n) is 14.9. The van der Waals surface area contributed by atoms with Crippen molar-refractivity contribution < 1.29 is 4.79 Å². The van der Waals surface area contributed by atoms with Gasteiger partial charge in [0.05, 0.1) is 18.3 Å². The molecule has 0 spiro atoms. The van der Waals surface area contributed by atoms with E-state index in [4.69, 9.17) is 0 Å². The number of carbonyl (C=O) groups excluding carboxylic acids is 1. The number of benzene rings is 1. The van der Waals surface area contributed by atoms with Crippen molar-refractivity contribution in [2.24, 2.45) is 0 Å². The lowest BCUT2D eigenvalue weighted by atomic mass is 10.2. The lowest BCUT2D eigenvalue weighted by Crippen LogP contribution is -2.53. The number of piperazine rings is 1. The van der Waals surface area contributed by atoms with Gasteiger partial charge in [-0.2, -0.15) is 5.10 Å². The van der Waals surface area contributed by atoms with E-state index < -0.39 is 0 Å². The second-order valence-corrected chi connectivity index (χ2v) is 6.24. The monoisotopic (exact) mass is 343 g/mol. The number of nitrogens with zero attached hydrogens (tertiary/aromatic N) is 5. The van der Waals surface area contributed by atoms with Crippen LogP contribution in [0.3, 0.4) is 0 Å². The standard InChI is InChI=1S/C18H25N5O2/c1-3-21(4-2)18(25)22-11-9-20(10-12-22)14-23-17(24)16-8-6-5-7-15(16)13-19-23/h5-8,13H,3-4,9-12,14H2,1-2H3. The summed E-state index contributed by atoms with van der Waals surface area (Å²) in [5.41, 5.74) is -0.0697. The Morgan fingerprint density at radius 1 is 1.12 bits per heavy atom. The Kier molecular flexibility index (Phi) is 5.33. The first kappa shape index (κ1) is 17.4. The Labute approximate surface area is 147 Å². The average molecular weight is 343 g/mol. The maximum absolute atomic E-state index is 12.5. The molecule has 1 aliphatic rings. The molecule has 3 rings (SSSR count). The van der Waals surface area contributed by atoms with Gasteiger partial charge >= 0.3 is 6.03 Å². The normalized spacial score (nSPS) is 15.5. The number of amides is 2. The average Bonchev–Trinajstić information content (AvgIpc) is 2.66. The molecule has 2 heterocycles. The second-order valence-electron chi connectivity index (χ2n) is 6.24. The van der Waals surface area contributed by atoms with Gasteiger partial charge in [-0.25, -0.2) is 9.48 Å². The van der Waals surface area contributed by atoms with E-state index in [9.17, 15) is 9.59 Å². The third-order valence-corrected chi connectivity index (χ3v) is 4.77. The lowest BCUT2D eigenvalue weighted by molar-refractivity contribution is 0.0963. The molecule has 0 saturated carbocycles. The quantitative estimate of drug-likeness (QED) is 0.843. The van der Waals surface area contributed by atoms with Crippen LogP contribution in [-0.2, 0) is 6.67 Å². The maximum atomic E-state index is 12.5. The number of hydrogen-bond donors (Lipinski definition) is 0. The summed E-state index contributed by atoms with van der Waals surface area (Å²) in [5, 5.41) is 5.83. The number of aromatic nitrogens is 2. The smallest absolute Gasteiger partial charge is 0.320 e. The van der Waals surface area contributed by atoms with Gasteiger partial charge in [0.15, 0.2) is 0 Å². The Balaban J connectivity index is 1.64. The van der Waals surface area contributed by atoms with Gasteiger partial charge in [-0.3, -0.25) is 9.69 Å². The number of carbonyl (C=O) groups is 1. The predicted molar refractivity (Wildman–Crippen MR) is 97.5 cm³/mol. The van der Waals surface area contributed by atoms with Gasteiger partial charge in [-0.1, -0.05) is 18.2 Å². The van der Waals surface area contributed by atoms with Crippen molar-refractivity contribution in [3.8, 4) is 0 Å². The Morgan fingerprint density at radius 3 is 2.48 bits per heavy atom. The molecule has 7 nitrogen and oxygen atoms in total. The molecule has 1 aromatic carbocycles. The minimum absolute atomic E-state index is 0.0697. The van der Waals surface area contributed by atoms with Crippen molar-refractivity contribution in [2.75, 3.05) is 39.3 Å². The fourth-order valence-electron chi connectivity index (χ4n) is 3.19. The van der Waals surface area contributed by atoms with Crippen LogP contribution in [0.15, 0.2) is 35.3 Å². The molecule has 2 amide bonds. The molecule has 0 bridgehead atoms. The van der Waals surface area contributed by atoms with Crippen molar-refractivity contribution in [1.82, 2.24) is 24.5 Å². The molecule has 0 aliphatic carbocycles. The third kappa shape index (κ3) is 3.66. The van der Waals surface area contributed by atoms with Crippen LogP contribution in [-0.4, -0.2) is 69.8 Å². The molecular weight excluding hydrogens is 318 g/mol. The Hall–Kier alpha value is -2.41. The Morgan fingerprint density at radius 2 is 1.80 bits per heavy atom. The summed E-state index contributed by atoms with van der Waals surface area (Å²) >= 11 is 0. The first-order valence-electron chi connectivity index (χ1n) is 8.85. The van der Waals surface area contributed by atoms with Gasteiger partial charge in [0.2, 0.25) is 0 Å². The molecule has 1 fully saturated rings. The molecule has 2 aromatic rings. The molecule has 134 valence electrons. The highest BCUT2D eigenvalue weighted by Crippen LogP contribution is 2.09. The first-order valence-corrected chi connectivity index (χ1v) is 8.85. The fraction of sp³-hybridized carbons (Fsp3) is 0.500. The molecule has 1 saturated heterocycles. The summed E-state index contributed by atoms with van der Waals surface area (Å²) < 4.78 is 1.50. The SMILES string of the molecule is CCN(CC)C(=O)N1CCN(Cn2ncc3ccccc3c2=O)CC1. The molecule has 0 unspecified atom stereocenters. The molecule has 25 heavy (non-hydrogen) atoms. The van der Waals surface area contributed by atoms with Crippen molar-refractivity contribution in [1.29, 1.82) is 0 Å². The summed E-state index contributed by atoms with van der Waals surface area (Å²) in [4.78, 5) is 30.8. The number of fused-ring (bicyclic) bond motifs is 1. The predicted octanol–water partition coefficient (Wildman–Crippen LogP) is 1.43. The third-order valence-electron chi connectivity index (χ3n) is 4.77. The topological polar surface area (TPSA) is 61.7 Å². The fourth-order valence-corrected chi connectivity index (χ4v) is 3.19. The van der Waals surface area contributed by atoms with Crippen LogP contribution in [0.2, 0.25) is 0 Å². The van der Waals surface area contributed by atoms with E-state index in [0.717, 1.165) is 31.6 Å². The van der Waals surface area contributed by atoms with Crippen LogP contribution in [0.1, 0.15) is 13.8 Å². The number of urea groups is 1. The van der Waals surface area contributed by atoms with Crippen molar-refractivity contribution in [2.45, 2.75) is 20.5 Å². The van der Waals surface area contributed by atoms with E-state index in [1.165, 1.54) is 4.68 Å². The van der Waals surface area contributed by atoms with Crippen molar-refractivity contribution in [3.05, 3.63) is 40.8 Å². The molecule has 0 radical (unpaired) electrons. The van der Waals surface area contributed by atoms with Gasteiger partial charge < -0.3 is 9.80 Å². The van der Waals surface area contributed by atoms with E-state index in [1.807, 2.05) is 47.9 Å². The largest absolute Gasteiger partial charge is 0.325 e. The van der Waals surface area contributed by atoms with Gasteiger partial charge in [0, 0.05) is 44.7 Å². The van der Waals surface area contributed by atoms with Gasteiger partial charge in [-0.05, 0) is 19.9 Å². The van der Waals surface area contributed by atoms with Gasteiger partial charge in [0.1, 0.15) is 0 Å². The minimum atomic E-state index is -0.0697. The van der Waals surface area contributed by atoms with E-state index in [1.54, 1.807) is 6.20 Å². The van der Waals surface area contributed by atoms with Crippen molar-refractivity contribution in [3.63, 3.8) is 0 Å². The molecule has 1 aromatic heterocycles. The van der Waals surface area contributed by atoms with E-state index in [0.29, 0.717) is 25.1 Å². The molecule has 1 aliphatic heterocycles. The Bertz CT molecular complexity index is 791. The molecular formula is C18H25N5O2. The van der Waals surface area contributed by atoms with Crippen LogP contribution in [0.4, 0.5) is 4.79 Å². The van der Waals surface area contributed by atoms with Crippen LogP contribution in [0, 0.1) is 0 Å². The summed E-state index contributed by atoms with van der Waals surface area (Å²) in [7, 11) is 0. The van der Waals surface area contributed by atoms with E-state index in [2.05, 4.69) is 10.00 Å². The molecule has 7 heteroatoms. The van der Waals surface area contributed by atoms with Crippen LogP contribution in [0.5, 0.6) is 0 Å². The van der Waals surface area contributed by atoms with Gasteiger partial charge in [-0.15, -0.1) is 0 Å². The molecule has 0 atom stereocenters. The van der Waals surface area contributed by atoms with E-state index >= 15 is 0 Å². The summed E-state index contributed by atoms with van der Waals surface area (Å²) in [5.74, 6) is 0. The van der Waals surface area contributed by atoms with Crippen LogP contribution in [0.25, 0.3) is 10.8 Å². The van der Waals surface area contributed by atoms with Crippen LogP contribution < -0.4 is 5.56 Å². The van der Waals surface area contributed by atoms with E-state index in [-0.39, 0.29) is 11.6 Å². The van der Waals surface area contributed by atoms with Gasteiger partial charge in [0.25, 0.3) is 5.56 Å². The van der Waals surface area contributed by atoms with Crippen molar-refractivity contribution >= 4 is 16.8 Å². The second kappa shape index (κ2) is 7.65. The molecule has 0 N–H and O–H groups in total. The minimum Gasteiger partial charge on any atom is -0.325 e. The number of hydrogen-bond acceptors (Lipinski definition) is 4. The zero-order chi connectivity index (χ0) is 17.8. The summed E-state index contributed by atoms with van der Waals surface area (Å²) in [6.45, 7) is 8.75. The first-order chi connectivity index (χ1) is 12.1. The van der Waals surface area contributed by atoms with Crippen LogP contribution >= 0.6 is 0 Å². The summed E-state index contributed by atoms with van der Waals surface area (Å²) in [6.07, 6.45) is 1.73. The highest BCUT2D eigenvalue weighted by Gasteiger charge is 2.24. The lowest BCUT2D eigenvalue weighted by Gasteiger charge is -2.37. The maximum Gasteiger partial charge on any atom is 0.320 e. The number of rotatable bonds is 4. The highest BCUT2D eigenvalue weighted by molar-refractivity contribution is 5.80. The highest BCUT2D eigenvalue weighted by atomic mass is 16.2.